The summed E-state index contributed by atoms with van der Waals surface area (Å²) in [7, 11) is 0. The first-order valence-electron chi connectivity index (χ1n) is 5.01. The van der Waals surface area contributed by atoms with E-state index in [0.29, 0.717) is 5.78 Å². The van der Waals surface area contributed by atoms with Gasteiger partial charge in [0, 0.05) is 32.0 Å². The highest BCUT2D eigenvalue weighted by molar-refractivity contribution is 5.79. The number of hydrogen-bond donors (Lipinski definition) is 0. The van der Waals surface area contributed by atoms with Gasteiger partial charge in [0.05, 0.1) is 0 Å². The quantitative estimate of drug-likeness (QED) is 0.589. The van der Waals surface area contributed by atoms with E-state index in [1.807, 2.05) is 0 Å². The molecule has 0 spiro atoms. The molecular formula is C10H17NO. The lowest BCUT2D eigenvalue weighted by Crippen LogP contribution is -2.51. The zero-order chi connectivity index (χ0) is 8.55. The molecule has 0 aromatic carbocycles. The molecule has 2 heteroatoms. The summed E-state index contributed by atoms with van der Waals surface area (Å²) in [4.78, 5) is 13.5. The molecule has 68 valence electrons. The zero-order valence-electron chi connectivity index (χ0n) is 7.75. The van der Waals surface area contributed by atoms with Crippen LogP contribution in [0.15, 0.2) is 0 Å². The van der Waals surface area contributed by atoms with Crippen LogP contribution in [0.1, 0.15) is 32.6 Å². The minimum Gasteiger partial charge on any atom is -0.300 e. The largest absolute Gasteiger partial charge is 0.300 e. The van der Waals surface area contributed by atoms with Gasteiger partial charge in [0.25, 0.3) is 0 Å². The van der Waals surface area contributed by atoms with Gasteiger partial charge in [0.1, 0.15) is 5.78 Å². The van der Waals surface area contributed by atoms with E-state index in [2.05, 4.69) is 11.8 Å². The van der Waals surface area contributed by atoms with Crippen LogP contribution in [-0.4, -0.2) is 29.8 Å². The van der Waals surface area contributed by atoms with Crippen LogP contribution in [0.4, 0.5) is 0 Å². The fourth-order valence-corrected chi connectivity index (χ4v) is 2.34. The molecule has 1 heterocycles. The van der Waals surface area contributed by atoms with Crippen molar-refractivity contribution in [2.45, 2.75) is 38.6 Å². The fourth-order valence-electron chi connectivity index (χ4n) is 2.34. The molecule has 1 aliphatic heterocycles. The summed E-state index contributed by atoms with van der Waals surface area (Å²) in [5.74, 6) is 1.36. The molecule has 0 bridgehead atoms. The van der Waals surface area contributed by atoms with Crippen LogP contribution in [0, 0.1) is 5.92 Å². The second-order valence-corrected chi connectivity index (χ2v) is 4.33. The zero-order valence-corrected chi connectivity index (χ0v) is 7.75. The Kier molecular flexibility index (Phi) is 2.18. The van der Waals surface area contributed by atoms with Gasteiger partial charge in [0.2, 0.25) is 0 Å². The SMILES string of the molecule is CC1CN(C2CCC(=O)CC2)C1. The molecule has 2 fully saturated rings. The van der Waals surface area contributed by atoms with Crippen LogP contribution in [-0.2, 0) is 4.79 Å². The van der Waals surface area contributed by atoms with E-state index in [1.54, 1.807) is 0 Å². The summed E-state index contributed by atoms with van der Waals surface area (Å²) in [5, 5.41) is 0. The maximum absolute atomic E-state index is 11.0. The lowest BCUT2D eigenvalue weighted by molar-refractivity contribution is -0.121. The maximum Gasteiger partial charge on any atom is 0.133 e. The number of rotatable bonds is 1. The maximum atomic E-state index is 11.0. The number of carbonyl (C=O) groups is 1. The normalized spacial score (nSPS) is 28.9. The molecule has 0 aromatic heterocycles. The van der Waals surface area contributed by atoms with Gasteiger partial charge >= 0.3 is 0 Å². The third-order valence-corrected chi connectivity index (χ3v) is 3.12. The number of likely N-dealkylation sites (tertiary alicyclic amines) is 1. The molecule has 12 heavy (non-hydrogen) atoms. The molecule has 0 unspecified atom stereocenters. The summed E-state index contributed by atoms with van der Waals surface area (Å²) in [6.45, 7) is 4.82. The van der Waals surface area contributed by atoms with Crippen molar-refractivity contribution in [3.05, 3.63) is 0 Å². The van der Waals surface area contributed by atoms with E-state index < -0.39 is 0 Å². The second kappa shape index (κ2) is 3.17. The average molecular weight is 167 g/mol. The van der Waals surface area contributed by atoms with E-state index in [0.717, 1.165) is 37.6 Å². The number of Topliss-reactive ketones (excluding diaryl/α,β-unsaturated/α-hetero) is 1. The van der Waals surface area contributed by atoms with Crippen molar-refractivity contribution < 1.29 is 4.79 Å². The Morgan fingerprint density at radius 2 is 1.83 bits per heavy atom. The number of ketones is 1. The molecule has 1 aliphatic carbocycles. The Bertz CT molecular complexity index is 174. The molecule has 1 saturated heterocycles. The summed E-state index contributed by atoms with van der Waals surface area (Å²) < 4.78 is 0. The van der Waals surface area contributed by atoms with Crippen molar-refractivity contribution in [3.8, 4) is 0 Å². The first kappa shape index (κ1) is 8.24. The van der Waals surface area contributed by atoms with Crippen LogP contribution in [0.3, 0.4) is 0 Å². The highest BCUT2D eigenvalue weighted by atomic mass is 16.1. The average Bonchev–Trinajstić information content (AvgIpc) is 2.01. The lowest BCUT2D eigenvalue weighted by Gasteiger charge is -2.44. The van der Waals surface area contributed by atoms with E-state index >= 15 is 0 Å². The van der Waals surface area contributed by atoms with Gasteiger partial charge in [-0.1, -0.05) is 6.92 Å². The van der Waals surface area contributed by atoms with Gasteiger partial charge in [-0.15, -0.1) is 0 Å². The predicted molar refractivity (Wildman–Crippen MR) is 48.0 cm³/mol. The molecule has 0 atom stereocenters. The molecular weight excluding hydrogens is 150 g/mol. The summed E-state index contributed by atoms with van der Waals surface area (Å²) in [5.41, 5.74) is 0. The minimum atomic E-state index is 0.472. The summed E-state index contributed by atoms with van der Waals surface area (Å²) >= 11 is 0. The van der Waals surface area contributed by atoms with Crippen molar-refractivity contribution in [2.75, 3.05) is 13.1 Å². The van der Waals surface area contributed by atoms with Crippen LogP contribution < -0.4 is 0 Å². The fraction of sp³-hybridized carbons (Fsp3) is 0.900. The molecule has 1 saturated carbocycles. The van der Waals surface area contributed by atoms with Gasteiger partial charge in [-0.05, 0) is 18.8 Å². The second-order valence-electron chi connectivity index (χ2n) is 4.33. The highest BCUT2D eigenvalue weighted by Gasteiger charge is 2.31. The van der Waals surface area contributed by atoms with E-state index in [1.165, 1.54) is 13.1 Å². The van der Waals surface area contributed by atoms with Gasteiger partial charge in [-0.2, -0.15) is 0 Å². The number of carbonyl (C=O) groups excluding carboxylic acids is 1. The van der Waals surface area contributed by atoms with Crippen molar-refractivity contribution in [2.24, 2.45) is 5.92 Å². The van der Waals surface area contributed by atoms with Crippen LogP contribution in [0.2, 0.25) is 0 Å². The van der Waals surface area contributed by atoms with Gasteiger partial charge in [-0.3, -0.25) is 9.69 Å². The van der Waals surface area contributed by atoms with E-state index in [-0.39, 0.29) is 0 Å². The Labute approximate surface area is 73.9 Å². The van der Waals surface area contributed by atoms with Crippen molar-refractivity contribution in [1.29, 1.82) is 0 Å². The van der Waals surface area contributed by atoms with Crippen LogP contribution >= 0.6 is 0 Å². The standard InChI is InChI=1S/C10H17NO/c1-8-6-11(7-8)9-2-4-10(12)5-3-9/h8-9H,2-7H2,1H3. The third-order valence-electron chi connectivity index (χ3n) is 3.12. The lowest BCUT2D eigenvalue weighted by atomic mass is 9.89. The Balaban J connectivity index is 1.79. The van der Waals surface area contributed by atoms with Crippen molar-refractivity contribution in [1.82, 2.24) is 4.90 Å². The Morgan fingerprint density at radius 3 is 2.33 bits per heavy atom. The molecule has 0 aromatic rings. The van der Waals surface area contributed by atoms with Crippen molar-refractivity contribution >= 4 is 5.78 Å². The minimum absolute atomic E-state index is 0.472. The molecule has 0 amide bonds. The number of nitrogens with zero attached hydrogens (tertiary/aromatic N) is 1. The predicted octanol–water partition coefficient (Wildman–Crippen LogP) is 1.45. The van der Waals surface area contributed by atoms with Gasteiger partial charge in [-0.25, -0.2) is 0 Å². The first-order valence-corrected chi connectivity index (χ1v) is 5.01. The summed E-state index contributed by atoms with van der Waals surface area (Å²) in [6.07, 6.45) is 3.89. The number of hydrogen-bond acceptors (Lipinski definition) is 2. The summed E-state index contributed by atoms with van der Waals surface area (Å²) in [6, 6.07) is 0.735. The topological polar surface area (TPSA) is 20.3 Å². The monoisotopic (exact) mass is 167 g/mol. The van der Waals surface area contributed by atoms with Gasteiger partial charge in [0.15, 0.2) is 0 Å². The Hall–Kier alpha value is -0.370. The molecule has 2 nitrogen and oxygen atoms in total. The van der Waals surface area contributed by atoms with Crippen molar-refractivity contribution in [3.63, 3.8) is 0 Å². The van der Waals surface area contributed by atoms with E-state index in [9.17, 15) is 4.79 Å². The molecule has 2 aliphatic rings. The molecule has 0 N–H and O–H groups in total. The first-order chi connectivity index (χ1) is 5.75. The smallest absolute Gasteiger partial charge is 0.133 e. The van der Waals surface area contributed by atoms with Crippen LogP contribution in [0.25, 0.3) is 0 Å². The van der Waals surface area contributed by atoms with Gasteiger partial charge < -0.3 is 0 Å². The highest BCUT2D eigenvalue weighted by Crippen LogP contribution is 2.26. The van der Waals surface area contributed by atoms with E-state index in [4.69, 9.17) is 0 Å². The van der Waals surface area contributed by atoms with Crippen LogP contribution in [0.5, 0.6) is 0 Å². The molecule has 2 rings (SSSR count). The third kappa shape index (κ3) is 1.53. The molecule has 0 radical (unpaired) electrons. The Morgan fingerprint density at radius 1 is 1.25 bits per heavy atom.